The van der Waals surface area contributed by atoms with Crippen LogP contribution in [-0.2, 0) is 15.3 Å². The number of esters is 1. The minimum atomic E-state index is -0.136. The number of carbonyl (C=O) groups excluding carboxylic acids is 1. The molecule has 0 atom stereocenters. The molecule has 4 heteroatoms. The molecule has 0 aliphatic rings. The van der Waals surface area contributed by atoms with E-state index in [-0.39, 0.29) is 5.97 Å². The molecule has 0 spiro atoms. The second-order valence-corrected chi connectivity index (χ2v) is 3.92. The average molecular weight is 214 g/mol. The van der Waals surface area contributed by atoms with Crippen LogP contribution in [0.5, 0.6) is 0 Å². The Bertz CT molecular complexity index is 256. The van der Waals surface area contributed by atoms with E-state index in [0.717, 1.165) is 23.7 Å². The molecule has 1 rings (SSSR count). The van der Waals surface area contributed by atoms with Crippen molar-refractivity contribution >= 4 is 17.7 Å². The van der Waals surface area contributed by atoms with E-state index >= 15 is 0 Å². The summed E-state index contributed by atoms with van der Waals surface area (Å²) in [5.41, 5.74) is 0. The lowest BCUT2D eigenvalue weighted by molar-refractivity contribution is -0.140. The van der Waals surface area contributed by atoms with E-state index in [9.17, 15) is 4.79 Å². The Morgan fingerprint density at radius 1 is 1.64 bits per heavy atom. The first-order chi connectivity index (χ1) is 6.83. The third-order valence-corrected chi connectivity index (χ3v) is 2.79. The fourth-order valence-electron chi connectivity index (χ4n) is 0.988. The van der Waals surface area contributed by atoms with Gasteiger partial charge in [-0.1, -0.05) is 0 Å². The van der Waals surface area contributed by atoms with Gasteiger partial charge in [0.1, 0.15) is 5.76 Å². The number of hydrogen-bond acceptors (Lipinski definition) is 4. The normalized spacial score (nSPS) is 10.1. The molecule has 78 valence electrons. The first-order valence-corrected chi connectivity index (χ1v) is 5.65. The van der Waals surface area contributed by atoms with Gasteiger partial charge in [-0.3, -0.25) is 4.79 Å². The van der Waals surface area contributed by atoms with Gasteiger partial charge in [0.25, 0.3) is 0 Å². The third-order valence-electron chi connectivity index (χ3n) is 1.72. The van der Waals surface area contributed by atoms with Crippen LogP contribution in [0.2, 0.25) is 0 Å². The molecule has 0 saturated carbocycles. The molecule has 0 aliphatic heterocycles. The summed E-state index contributed by atoms with van der Waals surface area (Å²) in [6.07, 6.45) is 3.03. The highest BCUT2D eigenvalue weighted by Gasteiger charge is 2.00. The number of carbonyl (C=O) groups is 1. The molecule has 1 heterocycles. The van der Waals surface area contributed by atoms with E-state index in [2.05, 4.69) is 4.74 Å². The quantitative estimate of drug-likeness (QED) is 0.538. The Kier molecular flexibility index (Phi) is 5.22. The van der Waals surface area contributed by atoms with Crippen molar-refractivity contribution in [2.24, 2.45) is 0 Å². The lowest BCUT2D eigenvalue weighted by Gasteiger charge is -1.99. The topological polar surface area (TPSA) is 39.4 Å². The van der Waals surface area contributed by atoms with Gasteiger partial charge in [-0.25, -0.2) is 0 Å². The first-order valence-electron chi connectivity index (χ1n) is 4.50. The van der Waals surface area contributed by atoms with Gasteiger partial charge in [0.15, 0.2) is 0 Å². The molecule has 3 nitrogen and oxygen atoms in total. The molecule has 0 aromatic carbocycles. The summed E-state index contributed by atoms with van der Waals surface area (Å²) in [5, 5.41) is 0. The van der Waals surface area contributed by atoms with E-state index < -0.39 is 0 Å². The van der Waals surface area contributed by atoms with Crippen molar-refractivity contribution < 1.29 is 13.9 Å². The van der Waals surface area contributed by atoms with Gasteiger partial charge < -0.3 is 9.15 Å². The van der Waals surface area contributed by atoms with Gasteiger partial charge in [-0.15, -0.1) is 0 Å². The molecule has 0 amide bonds. The van der Waals surface area contributed by atoms with E-state index in [0.29, 0.717) is 6.42 Å². The van der Waals surface area contributed by atoms with E-state index in [1.807, 2.05) is 12.1 Å². The Balaban J connectivity index is 1.97. The standard InChI is InChI=1S/C10H14O3S/c1-12-10(11)5-3-7-14-8-9-4-2-6-13-9/h2,4,6H,3,5,7-8H2,1H3. The summed E-state index contributed by atoms with van der Waals surface area (Å²) in [5.74, 6) is 2.67. The average Bonchev–Trinajstić information content (AvgIpc) is 2.69. The van der Waals surface area contributed by atoms with Crippen LogP contribution in [0, 0.1) is 0 Å². The first kappa shape index (κ1) is 11.2. The van der Waals surface area contributed by atoms with Crippen LogP contribution in [0.25, 0.3) is 0 Å². The van der Waals surface area contributed by atoms with Crippen molar-refractivity contribution in [1.82, 2.24) is 0 Å². The fourth-order valence-corrected chi connectivity index (χ4v) is 1.85. The van der Waals surface area contributed by atoms with Gasteiger partial charge in [-0.05, 0) is 24.3 Å². The van der Waals surface area contributed by atoms with Crippen molar-refractivity contribution in [1.29, 1.82) is 0 Å². The molecule has 0 bridgehead atoms. The van der Waals surface area contributed by atoms with Crippen LogP contribution in [0.1, 0.15) is 18.6 Å². The number of furan rings is 1. The van der Waals surface area contributed by atoms with Crippen molar-refractivity contribution in [2.45, 2.75) is 18.6 Å². The molecule has 14 heavy (non-hydrogen) atoms. The molecular formula is C10H14O3S. The van der Waals surface area contributed by atoms with Crippen LogP contribution in [0.4, 0.5) is 0 Å². The Morgan fingerprint density at radius 2 is 2.50 bits per heavy atom. The number of thioether (sulfide) groups is 1. The SMILES string of the molecule is COC(=O)CCCSCc1ccco1. The van der Waals surface area contributed by atoms with Crippen LogP contribution in [0.15, 0.2) is 22.8 Å². The molecule has 0 fully saturated rings. The molecule has 0 saturated heterocycles. The van der Waals surface area contributed by atoms with E-state index in [4.69, 9.17) is 4.42 Å². The van der Waals surface area contributed by atoms with Crippen molar-refractivity contribution in [3.05, 3.63) is 24.2 Å². The summed E-state index contributed by atoms with van der Waals surface area (Å²) in [4.78, 5) is 10.8. The maximum atomic E-state index is 10.8. The van der Waals surface area contributed by atoms with Crippen LogP contribution in [-0.4, -0.2) is 18.8 Å². The summed E-state index contributed by atoms with van der Waals surface area (Å²) in [6.45, 7) is 0. The highest BCUT2D eigenvalue weighted by Crippen LogP contribution is 2.13. The molecule has 0 N–H and O–H groups in total. The van der Waals surface area contributed by atoms with Crippen molar-refractivity contribution in [3.63, 3.8) is 0 Å². The summed E-state index contributed by atoms with van der Waals surface area (Å²) < 4.78 is 9.71. The predicted octanol–water partition coefficient (Wildman–Crippen LogP) is 2.47. The van der Waals surface area contributed by atoms with Gasteiger partial charge in [-0.2, -0.15) is 11.8 Å². The smallest absolute Gasteiger partial charge is 0.305 e. The molecule has 1 aromatic rings. The molecule has 1 aromatic heterocycles. The zero-order valence-corrected chi connectivity index (χ0v) is 9.01. The van der Waals surface area contributed by atoms with Gasteiger partial charge in [0.2, 0.25) is 0 Å². The largest absolute Gasteiger partial charge is 0.469 e. The Hall–Kier alpha value is -0.900. The molecular weight excluding hydrogens is 200 g/mol. The summed E-state index contributed by atoms with van der Waals surface area (Å²) in [6, 6.07) is 3.83. The minimum absolute atomic E-state index is 0.136. The van der Waals surface area contributed by atoms with Crippen LogP contribution in [0.3, 0.4) is 0 Å². The minimum Gasteiger partial charge on any atom is -0.469 e. The Morgan fingerprint density at radius 3 is 3.14 bits per heavy atom. The zero-order chi connectivity index (χ0) is 10.2. The highest BCUT2D eigenvalue weighted by atomic mass is 32.2. The second kappa shape index (κ2) is 6.54. The molecule has 0 aliphatic carbocycles. The molecule has 0 unspecified atom stereocenters. The maximum Gasteiger partial charge on any atom is 0.305 e. The number of ether oxygens (including phenoxy) is 1. The van der Waals surface area contributed by atoms with Gasteiger partial charge >= 0.3 is 5.97 Å². The van der Waals surface area contributed by atoms with Crippen LogP contribution < -0.4 is 0 Å². The van der Waals surface area contributed by atoms with E-state index in [1.165, 1.54) is 7.11 Å². The summed E-state index contributed by atoms with van der Waals surface area (Å²) >= 11 is 1.76. The number of hydrogen-bond donors (Lipinski definition) is 0. The van der Waals surface area contributed by atoms with Gasteiger partial charge in [0.05, 0.1) is 19.1 Å². The zero-order valence-electron chi connectivity index (χ0n) is 8.19. The van der Waals surface area contributed by atoms with Crippen molar-refractivity contribution in [2.75, 3.05) is 12.9 Å². The predicted molar refractivity (Wildman–Crippen MR) is 56.1 cm³/mol. The second-order valence-electron chi connectivity index (χ2n) is 2.81. The lowest BCUT2D eigenvalue weighted by atomic mass is 10.3. The maximum absolute atomic E-state index is 10.8. The van der Waals surface area contributed by atoms with Gasteiger partial charge in [0, 0.05) is 6.42 Å². The Labute approximate surface area is 87.8 Å². The third kappa shape index (κ3) is 4.37. The number of rotatable bonds is 6. The van der Waals surface area contributed by atoms with Crippen LogP contribution >= 0.6 is 11.8 Å². The fraction of sp³-hybridized carbons (Fsp3) is 0.500. The lowest BCUT2D eigenvalue weighted by Crippen LogP contribution is -2.00. The van der Waals surface area contributed by atoms with E-state index in [1.54, 1.807) is 18.0 Å². The molecule has 0 radical (unpaired) electrons. The number of methoxy groups -OCH3 is 1. The monoisotopic (exact) mass is 214 g/mol. The van der Waals surface area contributed by atoms with Crippen molar-refractivity contribution in [3.8, 4) is 0 Å². The highest BCUT2D eigenvalue weighted by molar-refractivity contribution is 7.98. The summed E-state index contributed by atoms with van der Waals surface area (Å²) in [7, 11) is 1.42.